The zero-order valence-electron chi connectivity index (χ0n) is 11.5. The first kappa shape index (κ1) is 13.2. The highest BCUT2D eigenvalue weighted by atomic mass is 16.7. The summed E-state index contributed by atoms with van der Waals surface area (Å²) in [6.07, 6.45) is 4.34. The lowest BCUT2D eigenvalue weighted by Crippen LogP contribution is -2.38. The van der Waals surface area contributed by atoms with Crippen molar-refractivity contribution in [2.24, 2.45) is 0 Å². The number of carbonyl (C=O) groups excluding carboxylic acids is 1. The van der Waals surface area contributed by atoms with Crippen LogP contribution in [0.15, 0.2) is 42.2 Å². The minimum atomic E-state index is -0.668. The second-order valence-corrected chi connectivity index (χ2v) is 5.21. The van der Waals surface area contributed by atoms with Crippen molar-refractivity contribution >= 4 is 5.97 Å². The molecule has 3 rings (SSSR count). The number of esters is 1. The van der Waals surface area contributed by atoms with Gasteiger partial charge in [-0.25, -0.2) is 4.79 Å². The minimum absolute atomic E-state index is 0.108. The van der Waals surface area contributed by atoms with Crippen LogP contribution in [0.25, 0.3) is 0 Å². The van der Waals surface area contributed by atoms with Gasteiger partial charge in [-0.2, -0.15) is 0 Å². The largest absolute Gasteiger partial charge is 0.463 e. The summed E-state index contributed by atoms with van der Waals surface area (Å²) in [4.78, 5) is 11.8. The average Bonchev–Trinajstić information content (AvgIpc) is 2.94. The lowest BCUT2D eigenvalue weighted by Gasteiger charge is -2.36. The van der Waals surface area contributed by atoms with E-state index in [1.165, 1.54) is 7.11 Å². The fourth-order valence-corrected chi connectivity index (χ4v) is 2.89. The minimum Gasteiger partial charge on any atom is -0.463 e. The second-order valence-electron chi connectivity index (χ2n) is 5.21. The first-order valence-corrected chi connectivity index (χ1v) is 6.90. The molecule has 1 saturated heterocycles. The van der Waals surface area contributed by atoms with Gasteiger partial charge in [0.15, 0.2) is 0 Å². The molecule has 2 aliphatic heterocycles. The van der Waals surface area contributed by atoms with Crippen LogP contribution in [0, 0.1) is 0 Å². The van der Waals surface area contributed by atoms with Crippen LogP contribution in [0.1, 0.15) is 30.7 Å². The Kier molecular flexibility index (Phi) is 3.49. The van der Waals surface area contributed by atoms with Gasteiger partial charge in [0.25, 0.3) is 0 Å². The smallest absolute Gasteiger partial charge is 0.373 e. The molecule has 0 amide bonds. The number of hydrogen-bond donors (Lipinski definition) is 0. The molecule has 0 bridgehead atoms. The molecule has 2 atom stereocenters. The normalized spacial score (nSPS) is 28.9. The van der Waals surface area contributed by atoms with Crippen molar-refractivity contribution in [2.75, 3.05) is 13.7 Å². The standard InChI is InChI=1S/C16H18O4/c1-18-15(17)14-10-13(12-6-3-2-4-7-12)11-16(20-14)8-5-9-19-16/h2-4,6-7,10,13H,5,8-9,11H2,1H3. The van der Waals surface area contributed by atoms with Crippen LogP contribution >= 0.6 is 0 Å². The molecule has 4 nitrogen and oxygen atoms in total. The quantitative estimate of drug-likeness (QED) is 0.778. The van der Waals surface area contributed by atoms with E-state index in [0.29, 0.717) is 6.61 Å². The van der Waals surface area contributed by atoms with Gasteiger partial charge in [-0.1, -0.05) is 30.3 Å². The first-order chi connectivity index (χ1) is 9.72. The number of rotatable bonds is 2. The molecule has 0 N–H and O–H groups in total. The van der Waals surface area contributed by atoms with Crippen LogP contribution in [0.4, 0.5) is 0 Å². The fourth-order valence-electron chi connectivity index (χ4n) is 2.89. The highest BCUT2D eigenvalue weighted by Crippen LogP contribution is 2.43. The third-order valence-corrected chi connectivity index (χ3v) is 3.86. The van der Waals surface area contributed by atoms with Crippen LogP contribution < -0.4 is 0 Å². The highest BCUT2D eigenvalue weighted by molar-refractivity contribution is 5.86. The van der Waals surface area contributed by atoms with Crippen LogP contribution in [0.5, 0.6) is 0 Å². The topological polar surface area (TPSA) is 44.8 Å². The van der Waals surface area contributed by atoms with E-state index < -0.39 is 11.8 Å². The maximum absolute atomic E-state index is 11.8. The highest BCUT2D eigenvalue weighted by Gasteiger charge is 2.44. The Balaban J connectivity index is 1.94. The van der Waals surface area contributed by atoms with Gasteiger partial charge in [-0.3, -0.25) is 0 Å². The van der Waals surface area contributed by atoms with Crippen molar-refractivity contribution in [1.29, 1.82) is 0 Å². The SMILES string of the molecule is COC(=O)C1=CC(c2ccccc2)CC2(CCCO2)O1. The number of methoxy groups -OCH3 is 1. The summed E-state index contributed by atoms with van der Waals surface area (Å²) in [6.45, 7) is 0.677. The molecule has 2 aliphatic rings. The summed E-state index contributed by atoms with van der Waals surface area (Å²) in [5, 5.41) is 0. The summed E-state index contributed by atoms with van der Waals surface area (Å²) >= 11 is 0. The molecule has 4 heteroatoms. The number of allylic oxidation sites excluding steroid dienone is 1. The lowest BCUT2D eigenvalue weighted by atomic mass is 9.88. The van der Waals surface area contributed by atoms with Gasteiger partial charge >= 0.3 is 5.97 Å². The molecule has 20 heavy (non-hydrogen) atoms. The molecule has 0 aliphatic carbocycles. The third-order valence-electron chi connectivity index (χ3n) is 3.86. The van der Waals surface area contributed by atoms with Crippen molar-refractivity contribution in [2.45, 2.75) is 31.0 Å². The van der Waals surface area contributed by atoms with Gasteiger partial charge in [-0.05, 0) is 18.1 Å². The summed E-state index contributed by atoms with van der Waals surface area (Å²) in [5.41, 5.74) is 1.16. The maximum Gasteiger partial charge on any atom is 0.373 e. The maximum atomic E-state index is 11.8. The summed E-state index contributed by atoms with van der Waals surface area (Å²) in [7, 11) is 1.36. The Morgan fingerprint density at radius 3 is 2.80 bits per heavy atom. The van der Waals surface area contributed by atoms with Gasteiger partial charge in [0.05, 0.1) is 13.7 Å². The molecule has 0 saturated carbocycles. The Hall–Kier alpha value is -1.81. The molecule has 0 aromatic heterocycles. The predicted molar refractivity (Wildman–Crippen MR) is 72.9 cm³/mol. The molecule has 1 aromatic rings. The molecular formula is C16H18O4. The lowest BCUT2D eigenvalue weighted by molar-refractivity contribution is -0.204. The van der Waals surface area contributed by atoms with Gasteiger partial charge in [0.2, 0.25) is 11.5 Å². The summed E-state index contributed by atoms with van der Waals surface area (Å²) < 4.78 is 16.4. The van der Waals surface area contributed by atoms with Gasteiger partial charge in [0, 0.05) is 18.8 Å². The Bertz CT molecular complexity index is 515. The van der Waals surface area contributed by atoms with E-state index in [2.05, 4.69) is 12.1 Å². The van der Waals surface area contributed by atoms with Crippen molar-refractivity contribution in [3.05, 3.63) is 47.7 Å². The van der Waals surface area contributed by atoms with E-state index in [0.717, 1.165) is 24.8 Å². The Morgan fingerprint density at radius 2 is 2.15 bits per heavy atom. The fraction of sp³-hybridized carbons (Fsp3) is 0.438. The molecular weight excluding hydrogens is 256 g/mol. The monoisotopic (exact) mass is 274 g/mol. The van der Waals surface area contributed by atoms with Crippen molar-refractivity contribution < 1.29 is 19.0 Å². The molecule has 1 fully saturated rings. The van der Waals surface area contributed by atoms with Crippen LogP contribution in [-0.2, 0) is 19.0 Å². The Labute approximate surface area is 118 Å². The molecule has 106 valence electrons. The van der Waals surface area contributed by atoms with Crippen LogP contribution in [0.3, 0.4) is 0 Å². The molecule has 0 radical (unpaired) electrons. The summed E-state index contributed by atoms with van der Waals surface area (Å²) in [5.74, 6) is -0.745. The van der Waals surface area contributed by atoms with Crippen molar-refractivity contribution in [3.63, 3.8) is 0 Å². The number of carbonyl (C=O) groups is 1. The molecule has 2 heterocycles. The molecule has 2 unspecified atom stereocenters. The van der Waals surface area contributed by atoms with Crippen molar-refractivity contribution in [1.82, 2.24) is 0 Å². The molecule has 1 spiro atoms. The number of hydrogen-bond acceptors (Lipinski definition) is 4. The van der Waals surface area contributed by atoms with Crippen LogP contribution in [-0.4, -0.2) is 25.5 Å². The third kappa shape index (κ3) is 2.43. The summed E-state index contributed by atoms with van der Waals surface area (Å²) in [6, 6.07) is 10.1. The van der Waals surface area contributed by atoms with Crippen LogP contribution in [0.2, 0.25) is 0 Å². The zero-order chi connectivity index (χ0) is 14.0. The second kappa shape index (κ2) is 5.29. The van der Waals surface area contributed by atoms with Gasteiger partial charge in [-0.15, -0.1) is 0 Å². The Morgan fingerprint density at radius 1 is 1.35 bits per heavy atom. The molecule has 1 aromatic carbocycles. The van der Waals surface area contributed by atoms with Gasteiger partial charge in [0.1, 0.15) is 0 Å². The number of ether oxygens (including phenoxy) is 3. The first-order valence-electron chi connectivity index (χ1n) is 6.90. The van der Waals surface area contributed by atoms with E-state index in [-0.39, 0.29) is 11.7 Å². The van der Waals surface area contributed by atoms with E-state index in [9.17, 15) is 4.79 Å². The van der Waals surface area contributed by atoms with Gasteiger partial charge < -0.3 is 14.2 Å². The van der Waals surface area contributed by atoms with E-state index in [1.807, 2.05) is 24.3 Å². The average molecular weight is 274 g/mol. The predicted octanol–water partition coefficient (Wildman–Crippen LogP) is 2.75. The van der Waals surface area contributed by atoms with E-state index in [1.54, 1.807) is 0 Å². The zero-order valence-corrected chi connectivity index (χ0v) is 11.5. The van der Waals surface area contributed by atoms with Crippen molar-refractivity contribution in [3.8, 4) is 0 Å². The number of benzene rings is 1. The van der Waals surface area contributed by atoms with E-state index >= 15 is 0 Å². The van der Waals surface area contributed by atoms with E-state index in [4.69, 9.17) is 14.2 Å².